The van der Waals surface area contributed by atoms with Crippen LogP contribution in [0.3, 0.4) is 0 Å². The predicted octanol–water partition coefficient (Wildman–Crippen LogP) is 3.37. The molecule has 0 radical (unpaired) electrons. The minimum Gasteiger partial charge on any atom is -0.353 e. The topological polar surface area (TPSA) is 101 Å². The van der Waals surface area contributed by atoms with Gasteiger partial charge in [-0.1, -0.05) is 0 Å². The minimum absolute atomic E-state index is 0.293. The van der Waals surface area contributed by atoms with Crippen LogP contribution in [0.5, 0.6) is 0 Å². The van der Waals surface area contributed by atoms with Crippen molar-refractivity contribution in [3.63, 3.8) is 0 Å². The molecule has 33 heavy (non-hydrogen) atoms. The number of fused-ring (bicyclic) bond motifs is 5. The van der Waals surface area contributed by atoms with E-state index in [0.29, 0.717) is 23.6 Å². The van der Waals surface area contributed by atoms with E-state index < -0.39 is 0 Å². The Bertz CT molecular complexity index is 1360. The van der Waals surface area contributed by atoms with Crippen LogP contribution in [0.15, 0.2) is 49.2 Å². The minimum atomic E-state index is 0.293. The van der Waals surface area contributed by atoms with E-state index in [1.165, 1.54) is 12.8 Å². The Kier molecular flexibility index (Phi) is 4.66. The van der Waals surface area contributed by atoms with Gasteiger partial charge in [-0.15, -0.1) is 0 Å². The zero-order chi connectivity index (χ0) is 22.5. The Labute approximate surface area is 192 Å². The fourth-order valence-corrected chi connectivity index (χ4v) is 5.56. The molecule has 3 aliphatic rings. The van der Waals surface area contributed by atoms with Crippen molar-refractivity contribution in [3.8, 4) is 28.3 Å². The number of hydrogen-bond acceptors (Lipinski definition) is 6. The second kappa shape index (κ2) is 7.71. The van der Waals surface area contributed by atoms with Crippen molar-refractivity contribution in [3.05, 3.63) is 54.7 Å². The van der Waals surface area contributed by atoms with Gasteiger partial charge in [0, 0.05) is 66.5 Å². The van der Waals surface area contributed by atoms with Gasteiger partial charge in [-0.25, -0.2) is 9.50 Å². The molecular weight excluding hydrogens is 412 g/mol. The molecule has 3 fully saturated rings. The molecule has 2 bridgehead atoms. The van der Waals surface area contributed by atoms with E-state index in [9.17, 15) is 5.26 Å². The first-order valence-corrected chi connectivity index (χ1v) is 11.5. The third-order valence-corrected chi connectivity index (χ3v) is 7.14. The van der Waals surface area contributed by atoms with Crippen molar-refractivity contribution in [2.75, 3.05) is 11.4 Å². The van der Waals surface area contributed by atoms with Crippen LogP contribution >= 0.6 is 0 Å². The summed E-state index contributed by atoms with van der Waals surface area (Å²) >= 11 is 0. The molecule has 3 atom stereocenters. The number of nitriles is 1. The fourth-order valence-electron chi connectivity index (χ4n) is 5.56. The Balaban J connectivity index is 1.42. The first kappa shape index (κ1) is 19.9. The van der Waals surface area contributed by atoms with Gasteiger partial charge >= 0.3 is 0 Å². The Morgan fingerprint density at radius 2 is 1.94 bits per heavy atom. The third kappa shape index (κ3) is 3.45. The third-order valence-electron chi connectivity index (χ3n) is 7.14. The maximum Gasteiger partial charge on any atom is 0.128 e. The molecule has 6 heterocycles. The number of piperidine rings is 1. The zero-order valence-electron chi connectivity index (χ0n) is 18.6. The molecule has 2 aliphatic heterocycles. The van der Waals surface area contributed by atoms with E-state index in [2.05, 4.69) is 39.4 Å². The summed E-state index contributed by atoms with van der Waals surface area (Å²) in [6.45, 7) is 1.03. The Morgan fingerprint density at radius 1 is 1.03 bits per heavy atom. The maximum absolute atomic E-state index is 9.66. The lowest BCUT2D eigenvalue weighted by molar-refractivity contribution is 0.384. The first-order chi connectivity index (χ1) is 16.1. The van der Waals surface area contributed by atoms with Crippen molar-refractivity contribution < 1.29 is 0 Å². The van der Waals surface area contributed by atoms with Crippen molar-refractivity contribution in [2.24, 2.45) is 18.7 Å². The molecule has 0 aromatic carbocycles. The summed E-state index contributed by atoms with van der Waals surface area (Å²) in [6.07, 6.45) is 13.9. The maximum atomic E-state index is 9.66. The lowest BCUT2D eigenvalue weighted by Gasteiger charge is -2.37. The second-order valence-electron chi connectivity index (χ2n) is 9.39. The van der Waals surface area contributed by atoms with E-state index in [4.69, 9.17) is 10.7 Å². The van der Waals surface area contributed by atoms with Crippen molar-refractivity contribution in [2.45, 2.75) is 37.8 Å². The number of rotatable bonds is 3. The SMILES string of the molecule is Cn1cc(-c2cc(-c3ccc(N4C[C@@H]5CC[C@@H]4C[C@@H](N)C5)nc3)c3c(C#N)cnn3c2)cn1. The van der Waals surface area contributed by atoms with Gasteiger partial charge in [0.05, 0.1) is 23.5 Å². The highest BCUT2D eigenvalue weighted by molar-refractivity contribution is 5.87. The van der Waals surface area contributed by atoms with Crippen LogP contribution in [0.25, 0.3) is 27.8 Å². The van der Waals surface area contributed by atoms with Crippen molar-refractivity contribution in [1.29, 1.82) is 5.26 Å². The van der Waals surface area contributed by atoms with E-state index in [1.54, 1.807) is 15.4 Å². The van der Waals surface area contributed by atoms with Gasteiger partial charge in [0.15, 0.2) is 0 Å². The first-order valence-electron chi connectivity index (χ1n) is 11.5. The molecule has 4 aromatic rings. The summed E-state index contributed by atoms with van der Waals surface area (Å²) in [4.78, 5) is 7.32. The van der Waals surface area contributed by atoms with Crippen LogP contribution in [0.1, 0.15) is 31.2 Å². The van der Waals surface area contributed by atoms with Crippen LogP contribution in [-0.2, 0) is 7.05 Å². The van der Waals surface area contributed by atoms with Crippen LogP contribution in [-0.4, -0.2) is 43.0 Å². The van der Waals surface area contributed by atoms with Gasteiger partial charge in [0.1, 0.15) is 11.9 Å². The average Bonchev–Trinajstić information content (AvgIpc) is 3.36. The highest BCUT2D eigenvalue weighted by Gasteiger charge is 2.35. The zero-order valence-corrected chi connectivity index (χ0v) is 18.6. The smallest absolute Gasteiger partial charge is 0.128 e. The number of anilines is 1. The highest BCUT2D eigenvalue weighted by atomic mass is 15.2. The molecule has 0 spiro atoms. The monoisotopic (exact) mass is 438 g/mol. The molecule has 0 unspecified atom stereocenters. The Hall–Kier alpha value is -3.70. The van der Waals surface area contributed by atoms with Crippen LogP contribution < -0.4 is 10.6 Å². The fraction of sp³-hybridized carbons (Fsp3) is 0.360. The van der Waals surface area contributed by atoms with Gasteiger partial charge in [0.25, 0.3) is 0 Å². The highest BCUT2D eigenvalue weighted by Crippen LogP contribution is 2.36. The molecule has 8 heteroatoms. The molecule has 7 rings (SSSR count). The molecular formula is C25H26N8. The summed E-state index contributed by atoms with van der Waals surface area (Å²) in [5, 5.41) is 18.4. The van der Waals surface area contributed by atoms with Crippen molar-refractivity contribution >= 4 is 11.3 Å². The van der Waals surface area contributed by atoms with E-state index >= 15 is 0 Å². The average molecular weight is 439 g/mol. The van der Waals surface area contributed by atoms with Gasteiger partial charge in [-0.05, 0) is 49.8 Å². The largest absolute Gasteiger partial charge is 0.353 e. The summed E-state index contributed by atoms with van der Waals surface area (Å²) in [7, 11) is 1.90. The van der Waals surface area contributed by atoms with E-state index in [1.807, 2.05) is 31.8 Å². The molecule has 0 amide bonds. The van der Waals surface area contributed by atoms with Crippen molar-refractivity contribution in [1.82, 2.24) is 24.4 Å². The molecule has 8 nitrogen and oxygen atoms in total. The number of nitrogens with two attached hydrogens (primary N) is 1. The van der Waals surface area contributed by atoms with Crippen LogP contribution in [0.2, 0.25) is 0 Å². The van der Waals surface area contributed by atoms with Gasteiger partial charge < -0.3 is 10.6 Å². The van der Waals surface area contributed by atoms with Gasteiger partial charge in [-0.2, -0.15) is 15.5 Å². The quantitative estimate of drug-likeness (QED) is 0.526. The number of pyridine rings is 2. The summed E-state index contributed by atoms with van der Waals surface area (Å²) in [5.41, 5.74) is 11.6. The summed E-state index contributed by atoms with van der Waals surface area (Å²) < 4.78 is 3.55. The van der Waals surface area contributed by atoms with Gasteiger partial charge in [-0.3, -0.25) is 4.68 Å². The lowest BCUT2D eigenvalue weighted by atomic mass is 9.94. The number of nitrogens with zero attached hydrogens (tertiary/aromatic N) is 7. The normalized spacial score (nSPS) is 22.5. The van der Waals surface area contributed by atoms with Crippen LogP contribution in [0.4, 0.5) is 5.82 Å². The molecule has 2 saturated heterocycles. The lowest BCUT2D eigenvalue weighted by Crippen LogP contribution is -2.42. The summed E-state index contributed by atoms with van der Waals surface area (Å²) in [5.74, 6) is 1.66. The molecule has 1 aliphatic carbocycles. The summed E-state index contributed by atoms with van der Waals surface area (Å²) in [6, 6.07) is 9.35. The molecule has 166 valence electrons. The van der Waals surface area contributed by atoms with Gasteiger partial charge in [0.2, 0.25) is 0 Å². The number of aromatic nitrogens is 5. The predicted molar refractivity (Wildman–Crippen MR) is 126 cm³/mol. The number of hydrogen-bond donors (Lipinski definition) is 1. The van der Waals surface area contributed by atoms with Crippen LogP contribution in [0, 0.1) is 17.2 Å². The van der Waals surface area contributed by atoms with E-state index in [-0.39, 0.29) is 0 Å². The number of aryl methyl sites for hydroxylation is 1. The van der Waals surface area contributed by atoms with E-state index in [0.717, 1.165) is 53.0 Å². The molecule has 1 saturated carbocycles. The Morgan fingerprint density at radius 3 is 2.70 bits per heavy atom. The second-order valence-corrected chi connectivity index (χ2v) is 9.39. The molecule has 2 N–H and O–H groups in total. The standard InChI is InChI=1S/C25H26N8/c1-31-14-20(12-29-31)18-7-23(25-19(9-26)11-30-33(25)15-18)17-3-5-24(28-10-17)32-13-16-2-4-22(32)8-21(27)6-16/h3,5,7,10-12,14-16,21-22H,2,4,6,8,13,27H2,1H3/t16-,21+,22-/m1/s1. The molecule has 4 aromatic heterocycles.